The SMILES string of the molecule is CCC(CCO)NC(=O)Nc1nnc(C(F)F)s1. The number of halogens is 2. The quantitative estimate of drug-likeness (QED) is 0.741. The molecule has 0 saturated heterocycles. The predicted molar refractivity (Wildman–Crippen MR) is 62.8 cm³/mol. The number of nitrogens with one attached hydrogen (secondary N) is 2. The second-order valence-electron chi connectivity index (χ2n) is 3.46. The molecule has 1 rings (SSSR count). The van der Waals surface area contributed by atoms with Gasteiger partial charge in [0.05, 0.1) is 0 Å². The zero-order valence-corrected chi connectivity index (χ0v) is 10.5. The van der Waals surface area contributed by atoms with Gasteiger partial charge >= 0.3 is 6.03 Å². The summed E-state index contributed by atoms with van der Waals surface area (Å²) >= 11 is 0.624. The highest BCUT2D eigenvalue weighted by atomic mass is 32.1. The normalized spacial score (nSPS) is 12.5. The number of anilines is 1. The van der Waals surface area contributed by atoms with Crippen molar-refractivity contribution in [1.82, 2.24) is 15.5 Å². The van der Waals surface area contributed by atoms with Crippen LogP contribution < -0.4 is 10.6 Å². The Morgan fingerprint density at radius 3 is 2.72 bits per heavy atom. The molecule has 1 aromatic heterocycles. The van der Waals surface area contributed by atoms with Gasteiger partial charge in [-0.3, -0.25) is 5.32 Å². The number of urea groups is 1. The topological polar surface area (TPSA) is 87.1 Å². The Hall–Kier alpha value is -1.35. The zero-order chi connectivity index (χ0) is 13.5. The van der Waals surface area contributed by atoms with Crippen LogP contribution in [0.1, 0.15) is 31.2 Å². The molecule has 0 spiro atoms. The lowest BCUT2D eigenvalue weighted by Gasteiger charge is -2.15. The van der Waals surface area contributed by atoms with E-state index in [0.29, 0.717) is 24.2 Å². The van der Waals surface area contributed by atoms with Crippen molar-refractivity contribution in [2.24, 2.45) is 0 Å². The van der Waals surface area contributed by atoms with Crippen LogP contribution in [-0.2, 0) is 0 Å². The molecule has 0 fully saturated rings. The third kappa shape index (κ3) is 4.49. The number of hydrogen-bond acceptors (Lipinski definition) is 5. The summed E-state index contributed by atoms with van der Waals surface area (Å²) in [5.41, 5.74) is 0. The molecule has 1 aromatic rings. The fraction of sp³-hybridized carbons (Fsp3) is 0.667. The van der Waals surface area contributed by atoms with E-state index in [9.17, 15) is 13.6 Å². The zero-order valence-electron chi connectivity index (χ0n) is 9.69. The molecule has 102 valence electrons. The maximum absolute atomic E-state index is 12.2. The van der Waals surface area contributed by atoms with Crippen LogP contribution in [0.3, 0.4) is 0 Å². The highest BCUT2D eigenvalue weighted by Gasteiger charge is 2.16. The summed E-state index contributed by atoms with van der Waals surface area (Å²) in [6.07, 6.45) is -1.60. The van der Waals surface area contributed by atoms with Crippen molar-refractivity contribution in [2.75, 3.05) is 11.9 Å². The molecule has 0 aliphatic rings. The van der Waals surface area contributed by atoms with E-state index in [-0.39, 0.29) is 17.8 Å². The number of rotatable bonds is 6. The van der Waals surface area contributed by atoms with Crippen LogP contribution in [0.15, 0.2) is 0 Å². The largest absolute Gasteiger partial charge is 0.396 e. The first kappa shape index (κ1) is 14.7. The van der Waals surface area contributed by atoms with Gasteiger partial charge in [-0.25, -0.2) is 13.6 Å². The van der Waals surface area contributed by atoms with Crippen molar-refractivity contribution in [3.8, 4) is 0 Å². The summed E-state index contributed by atoms with van der Waals surface area (Å²) in [5.74, 6) is 0. The van der Waals surface area contributed by atoms with Crippen molar-refractivity contribution < 1.29 is 18.7 Å². The summed E-state index contributed by atoms with van der Waals surface area (Å²) < 4.78 is 24.5. The average molecular weight is 280 g/mol. The van der Waals surface area contributed by atoms with Gasteiger partial charge in [-0.15, -0.1) is 10.2 Å². The van der Waals surface area contributed by atoms with Crippen LogP contribution in [0.4, 0.5) is 18.7 Å². The maximum atomic E-state index is 12.2. The Balaban J connectivity index is 2.48. The van der Waals surface area contributed by atoms with E-state index < -0.39 is 17.5 Å². The maximum Gasteiger partial charge on any atom is 0.321 e. The Bertz CT molecular complexity index is 388. The Morgan fingerprint density at radius 1 is 1.50 bits per heavy atom. The van der Waals surface area contributed by atoms with Gasteiger partial charge in [-0.1, -0.05) is 18.3 Å². The van der Waals surface area contributed by atoms with Gasteiger partial charge in [0.25, 0.3) is 6.43 Å². The molecule has 18 heavy (non-hydrogen) atoms. The number of carbonyl (C=O) groups is 1. The lowest BCUT2D eigenvalue weighted by molar-refractivity contribution is 0.150. The van der Waals surface area contributed by atoms with Crippen LogP contribution >= 0.6 is 11.3 Å². The molecular formula is C9H14F2N4O2S. The molecule has 0 radical (unpaired) electrons. The fourth-order valence-electron chi connectivity index (χ4n) is 1.23. The lowest BCUT2D eigenvalue weighted by atomic mass is 10.2. The van der Waals surface area contributed by atoms with Crippen LogP contribution in [0.2, 0.25) is 0 Å². The van der Waals surface area contributed by atoms with E-state index in [2.05, 4.69) is 20.8 Å². The van der Waals surface area contributed by atoms with Gasteiger partial charge in [0.2, 0.25) is 5.13 Å². The van der Waals surface area contributed by atoms with Crippen LogP contribution in [0, 0.1) is 0 Å². The number of aliphatic hydroxyl groups excluding tert-OH is 1. The highest BCUT2D eigenvalue weighted by molar-refractivity contribution is 7.15. The first-order valence-corrected chi connectivity index (χ1v) is 6.18. The number of nitrogens with zero attached hydrogens (tertiary/aromatic N) is 2. The van der Waals surface area contributed by atoms with Gasteiger partial charge in [0.15, 0.2) is 5.01 Å². The molecule has 0 aliphatic carbocycles. The minimum atomic E-state index is -2.70. The van der Waals surface area contributed by atoms with E-state index in [1.165, 1.54) is 0 Å². The summed E-state index contributed by atoms with van der Waals surface area (Å²) in [7, 11) is 0. The molecule has 0 bridgehead atoms. The average Bonchev–Trinajstić information content (AvgIpc) is 2.77. The van der Waals surface area contributed by atoms with Gasteiger partial charge < -0.3 is 10.4 Å². The first-order valence-electron chi connectivity index (χ1n) is 5.36. The third-order valence-electron chi connectivity index (χ3n) is 2.15. The van der Waals surface area contributed by atoms with Crippen molar-refractivity contribution in [3.05, 3.63) is 5.01 Å². The van der Waals surface area contributed by atoms with E-state index in [0.717, 1.165) is 0 Å². The fourth-order valence-corrected chi connectivity index (χ4v) is 1.82. The van der Waals surface area contributed by atoms with Crippen LogP contribution in [0.5, 0.6) is 0 Å². The third-order valence-corrected chi connectivity index (χ3v) is 3.00. The van der Waals surface area contributed by atoms with Crippen molar-refractivity contribution >= 4 is 22.5 Å². The second kappa shape index (κ2) is 7.17. The molecule has 1 heterocycles. The van der Waals surface area contributed by atoms with Crippen LogP contribution in [0.25, 0.3) is 0 Å². The van der Waals surface area contributed by atoms with Gasteiger partial charge in [0.1, 0.15) is 0 Å². The number of aromatic nitrogens is 2. The summed E-state index contributed by atoms with van der Waals surface area (Å²) in [5, 5.41) is 19.9. The standard InChI is InChI=1S/C9H14F2N4O2S/c1-2-5(3-4-16)12-8(17)13-9-15-14-7(18-9)6(10)11/h5-6,16H,2-4H2,1H3,(H2,12,13,15,17). The van der Waals surface area contributed by atoms with Crippen molar-refractivity contribution in [3.63, 3.8) is 0 Å². The minimum absolute atomic E-state index is 0.0154. The number of aliphatic hydroxyl groups is 1. The Labute approximate surface area is 106 Å². The van der Waals surface area contributed by atoms with E-state index in [4.69, 9.17) is 5.11 Å². The number of alkyl halides is 2. The Kier molecular flexibility index (Phi) is 5.86. The molecule has 0 aromatic carbocycles. The van der Waals surface area contributed by atoms with Crippen molar-refractivity contribution in [2.45, 2.75) is 32.2 Å². The molecule has 9 heteroatoms. The van der Waals surface area contributed by atoms with Crippen LogP contribution in [-0.4, -0.2) is 34.0 Å². The molecule has 1 unspecified atom stereocenters. The summed E-state index contributed by atoms with van der Waals surface area (Å²) in [6.45, 7) is 1.83. The van der Waals surface area contributed by atoms with E-state index >= 15 is 0 Å². The highest BCUT2D eigenvalue weighted by Crippen LogP contribution is 2.24. The first-order chi connectivity index (χ1) is 8.56. The van der Waals surface area contributed by atoms with Gasteiger partial charge in [0, 0.05) is 12.6 Å². The molecule has 1 atom stereocenters. The molecule has 2 amide bonds. The van der Waals surface area contributed by atoms with Gasteiger partial charge in [-0.2, -0.15) is 0 Å². The molecule has 0 aliphatic heterocycles. The second-order valence-corrected chi connectivity index (χ2v) is 4.47. The van der Waals surface area contributed by atoms with Crippen molar-refractivity contribution in [1.29, 1.82) is 0 Å². The minimum Gasteiger partial charge on any atom is -0.396 e. The molecule has 3 N–H and O–H groups in total. The number of carbonyl (C=O) groups excluding carboxylic acids is 1. The summed E-state index contributed by atoms with van der Waals surface area (Å²) in [6, 6.07) is -0.718. The Morgan fingerprint density at radius 2 is 2.22 bits per heavy atom. The predicted octanol–water partition coefficient (Wildman–Crippen LogP) is 1.76. The summed E-state index contributed by atoms with van der Waals surface area (Å²) in [4.78, 5) is 11.5. The molecule has 6 nitrogen and oxygen atoms in total. The number of hydrogen-bond donors (Lipinski definition) is 3. The van der Waals surface area contributed by atoms with Gasteiger partial charge in [-0.05, 0) is 12.8 Å². The molecular weight excluding hydrogens is 266 g/mol. The van der Waals surface area contributed by atoms with E-state index in [1.807, 2.05) is 6.92 Å². The van der Waals surface area contributed by atoms with E-state index in [1.54, 1.807) is 0 Å². The molecule has 0 saturated carbocycles. The smallest absolute Gasteiger partial charge is 0.321 e. The number of amides is 2. The monoisotopic (exact) mass is 280 g/mol. The lowest BCUT2D eigenvalue weighted by Crippen LogP contribution is -2.38.